The second-order valence-corrected chi connectivity index (χ2v) is 7.81. The Bertz CT molecular complexity index is 782. The Morgan fingerprint density at radius 2 is 2.08 bits per heavy atom. The summed E-state index contributed by atoms with van der Waals surface area (Å²) >= 11 is 1.59. The molecule has 1 amide bonds. The molecule has 3 heterocycles. The summed E-state index contributed by atoms with van der Waals surface area (Å²) in [5.41, 5.74) is 1.07. The lowest BCUT2D eigenvalue weighted by Crippen LogP contribution is -2.45. The van der Waals surface area contributed by atoms with Gasteiger partial charge >= 0.3 is 0 Å². The number of methoxy groups -OCH3 is 1. The van der Waals surface area contributed by atoms with Crippen LogP contribution < -0.4 is 4.74 Å². The summed E-state index contributed by atoms with van der Waals surface area (Å²) < 4.78 is 11.9. The predicted molar refractivity (Wildman–Crippen MR) is 99.8 cm³/mol. The van der Waals surface area contributed by atoms with E-state index in [2.05, 4.69) is 4.90 Å². The van der Waals surface area contributed by atoms with Crippen molar-refractivity contribution in [3.8, 4) is 5.75 Å². The van der Waals surface area contributed by atoms with E-state index < -0.39 is 0 Å². The molecule has 0 spiro atoms. The van der Waals surface area contributed by atoms with Crippen molar-refractivity contribution in [1.82, 2.24) is 9.80 Å². The number of hydrogen-bond acceptors (Lipinski definition) is 5. The molecule has 1 aromatic carbocycles. The molecule has 25 heavy (non-hydrogen) atoms. The van der Waals surface area contributed by atoms with Crippen LogP contribution in [0, 0.1) is 6.92 Å². The van der Waals surface area contributed by atoms with E-state index in [0.29, 0.717) is 6.04 Å². The van der Waals surface area contributed by atoms with E-state index in [-0.39, 0.29) is 5.91 Å². The number of aryl methyl sites for hydroxylation is 1. The Morgan fingerprint density at radius 1 is 1.28 bits per heavy atom. The maximum Gasteiger partial charge on any atom is 0.264 e. The summed E-state index contributed by atoms with van der Waals surface area (Å²) in [6, 6.07) is 6.50. The average Bonchev–Trinajstić information content (AvgIpc) is 3.27. The molecule has 0 aliphatic carbocycles. The Labute approximate surface area is 152 Å². The normalized spacial score (nSPS) is 21.8. The number of rotatable bonds is 3. The highest BCUT2D eigenvalue weighted by molar-refractivity contribution is 7.21. The maximum absolute atomic E-state index is 13.1. The molecule has 0 saturated carbocycles. The molecule has 0 bridgehead atoms. The molecule has 2 aliphatic rings. The number of likely N-dealkylation sites (tertiary alicyclic amines) is 1. The Morgan fingerprint density at radius 3 is 2.84 bits per heavy atom. The molecule has 2 saturated heterocycles. The summed E-state index contributed by atoms with van der Waals surface area (Å²) in [5.74, 6) is 1.01. The van der Waals surface area contributed by atoms with Crippen molar-refractivity contribution in [2.75, 3.05) is 46.5 Å². The molecular weight excluding hydrogens is 336 g/mol. The first kappa shape index (κ1) is 16.8. The number of nitrogens with zero attached hydrogens (tertiary/aromatic N) is 2. The summed E-state index contributed by atoms with van der Waals surface area (Å²) in [6.45, 7) is 7.29. The molecule has 1 atom stereocenters. The molecule has 1 aromatic heterocycles. The van der Waals surface area contributed by atoms with Gasteiger partial charge in [-0.15, -0.1) is 11.3 Å². The standard InChI is InChI=1S/C19H24N2O3S/c1-13-16-11-15(23-2)3-4-17(16)25-18(13)19(22)21-6-5-14(12-21)20-7-9-24-10-8-20/h3-4,11,14H,5-10,12H2,1-2H3. The fourth-order valence-electron chi connectivity index (χ4n) is 3.84. The van der Waals surface area contributed by atoms with Crippen LogP contribution in [0.3, 0.4) is 0 Å². The van der Waals surface area contributed by atoms with Gasteiger partial charge in [-0.05, 0) is 42.5 Å². The van der Waals surface area contributed by atoms with Gasteiger partial charge in [0.25, 0.3) is 5.91 Å². The number of fused-ring (bicyclic) bond motifs is 1. The van der Waals surface area contributed by atoms with Gasteiger partial charge in [0.1, 0.15) is 5.75 Å². The highest BCUT2D eigenvalue weighted by Crippen LogP contribution is 2.34. The highest BCUT2D eigenvalue weighted by Gasteiger charge is 2.32. The summed E-state index contributed by atoms with van der Waals surface area (Å²) in [7, 11) is 1.67. The van der Waals surface area contributed by atoms with Gasteiger partial charge in [-0.1, -0.05) is 0 Å². The van der Waals surface area contributed by atoms with Crippen LogP contribution in [0.4, 0.5) is 0 Å². The van der Waals surface area contributed by atoms with E-state index >= 15 is 0 Å². The van der Waals surface area contributed by atoms with Gasteiger partial charge in [0, 0.05) is 36.9 Å². The van der Waals surface area contributed by atoms with Gasteiger partial charge in [-0.3, -0.25) is 9.69 Å². The van der Waals surface area contributed by atoms with Crippen LogP contribution in [0.5, 0.6) is 5.75 Å². The Kier molecular flexibility index (Phi) is 4.67. The Balaban J connectivity index is 1.53. The first-order valence-electron chi connectivity index (χ1n) is 8.85. The van der Waals surface area contributed by atoms with Crippen molar-refractivity contribution in [1.29, 1.82) is 0 Å². The number of carbonyl (C=O) groups excluding carboxylic acids is 1. The van der Waals surface area contributed by atoms with E-state index in [0.717, 1.165) is 72.1 Å². The number of morpholine rings is 1. The van der Waals surface area contributed by atoms with Crippen LogP contribution >= 0.6 is 11.3 Å². The van der Waals surface area contributed by atoms with E-state index in [4.69, 9.17) is 9.47 Å². The smallest absolute Gasteiger partial charge is 0.264 e. The zero-order valence-corrected chi connectivity index (χ0v) is 15.6. The van der Waals surface area contributed by atoms with Gasteiger partial charge < -0.3 is 14.4 Å². The SMILES string of the molecule is COc1ccc2sc(C(=O)N3CCC(N4CCOCC4)C3)c(C)c2c1. The molecule has 0 N–H and O–H groups in total. The molecule has 4 rings (SSSR count). The fourth-order valence-corrected chi connectivity index (χ4v) is 5.00. The van der Waals surface area contributed by atoms with Crippen molar-refractivity contribution in [2.45, 2.75) is 19.4 Å². The van der Waals surface area contributed by atoms with E-state index in [1.54, 1.807) is 18.4 Å². The minimum absolute atomic E-state index is 0.174. The third-order valence-electron chi connectivity index (χ3n) is 5.35. The average molecular weight is 360 g/mol. The second kappa shape index (κ2) is 6.94. The first-order valence-corrected chi connectivity index (χ1v) is 9.67. The van der Waals surface area contributed by atoms with Crippen LogP contribution in [0.15, 0.2) is 18.2 Å². The molecule has 2 aromatic rings. The highest BCUT2D eigenvalue weighted by atomic mass is 32.1. The van der Waals surface area contributed by atoms with Crippen molar-refractivity contribution >= 4 is 27.3 Å². The summed E-state index contributed by atoms with van der Waals surface area (Å²) in [4.78, 5) is 18.4. The van der Waals surface area contributed by atoms with E-state index in [1.807, 2.05) is 30.0 Å². The Hall–Kier alpha value is -1.63. The number of benzene rings is 1. The topological polar surface area (TPSA) is 42.0 Å². The minimum Gasteiger partial charge on any atom is -0.497 e. The van der Waals surface area contributed by atoms with Gasteiger partial charge in [0.15, 0.2) is 0 Å². The lowest BCUT2D eigenvalue weighted by atomic mass is 10.1. The molecule has 1 unspecified atom stereocenters. The first-order chi connectivity index (χ1) is 12.2. The third kappa shape index (κ3) is 3.14. The van der Waals surface area contributed by atoms with Crippen LogP contribution in [-0.4, -0.2) is 68.3 Å². The van der Waals surface area contributed by atoms with Crippen LogP contribution in [0.2, 0.25) is 0 Å². The number of carbonyl (C=O) groups is 1. The maximum atomic E-state index is 13.1. The molecule has 2 aliphatic heterocycles. The van der Waals surface area contributed by atoms with Crippen LogP contribution in [-0.2, 0) is 4.74 Å². The second-order valence-electron chi connectivity index (χ2n) is 6.76. The van der Waals surface area contributed by atoms with Crippen molar-refractivity contribution in [3.63, 3.8) is 0 Å². The summed E-state index contributed by atoms with van der Waals surface area (Å²) in [6.07, 6.45) is 1.06. The fraction of sp³-hybridized carbons (Fsp3) is 0.526. The van der Waals surface area contributed by atoms with E-state index in [9.17, 15) is 4.79 Å². The van der Waals surface area contributed by atoms with Gasteiger partial charge in [0.2, 0.25) is 0 Å². The summed E-state index contributed by atoms with van der Waals surface area (Å²) in [5, 5.41) is 1.12. The lowest BCUT2D eigenvalue weighted by molar-refractivity contribution is 0.0185. The van der Waals surface area contributed by atoms with Crippen LogP contribution in [0.1, 0.15) is 21.7 Å². The van der Waals surface area contributed by atoms with Crippen LogP contribution in [0.25, 0.3) is 10.1 Å². The molecule has 0 radical (unpaired) electrons. The number of thiophene rings is 1. The molecule has 134 valence electrons. The number of amides is 1. The third-order valence-corrected chi connectivity index (χ3v) is 6.61. The van der Waals surface area contributed by atoms with Gasteiger partial charge in [-0.2, -0.15) is 0 Å². The largest absolute Gasteiger partial charge is 0.497 e. The van der Waals surface area contributed by atoms with Gasteiger partial charge in [0.05, 0.1) is 25.2 Å². The minimum atomic E-state index is 0.174. The van der Waals surface area contributed by atoms with Crippen molar-refractivity contribution < 1.29 is 14.3 Å². The molecular formula is C19H24N2O3S. The zero-order valence-electron chi connectivity index (χ0n) is 14.8. The van der Waals surface area contributed by atoms with Gasteiger partial charge in [-0.25, -0.2) is 0 Å². The predicted octanol–water partition coefficient (Wildman–Crippen LogP) is 2.77. The zero-order chi connectivity index (χ0) is 17.4. The lowest BCUT2D eigenvalue weighted by Gasteiger charge is -2.32. The monoisotopic (exact) mass is 360 g/mol. The van der Waals surface area contributed by atoms with Crippen molar-refractivity contribution in [3.05, 3.63) is 28.6 Å². The molecule has 6 heteroatoms. The molecule has 2 fully saturated rings. The molecule has 5 nitrogen and oxygen atoms in total. The van der Waals surface area contributed by atoms with Crippen molar-refractivity contribution in [2.24, 2.45) is 0 Å². The van der Waals surface area contributed by atoms with E-state index in [1.165, 1.54) is 0 Å². The number of hydrogen-bond donors (Lipinski definition) is 0. The number of ether oxygens (including phenoxy) is 2. The quantitative estimate of drug-likeness (QED) is 0.844.